The monoisotopic (exact) mass is 176 g/mol. The molecule has 0 amide bonds. The lowest BCUT2D eigenvalue weighted by Crippen LogP contribution is -2.03. The summed E-state index contributed by atoms with van der Waals surface area (Å²) in [5.74, 6) is -0.232. The molecule has 0 atom stereocenters. The highest BCUT2D eigenvalue weighted by Gasteiger charge is 2.01. The normalized spacial score (nSPS) is 10.2. The first-order chi connectivity index (χ1) is 6.33. The first-order valence-corrected chi connectivity index (χ1v) is 4.17. The lowest BCUT2D eigenvalue weighted by Gasteiger charge is -1.98. The molecule has 68 valence electrons. The number of hydrogen-bond acceptors (Lipinski definition) is 2. The fourth-order valence-electron chi connectivity index (χ4n) is 0.948. The van der Waals surface area contributed by atoms with E-state index >= 15 is 0 Å². The van der Waals surface area contributed by atoms with E-state index < -0.39 is 0 Å². The minimum atomic E-state index is -0.232. The van der Waals surface area contributed by atoms with E-state index in [2.05, 4.69) is 0 Å². The van der Waals surface area contributed by atoms with Crippen LogP contribution in [-0.4, -0.2) is 5.97 Å². The van der Waals surface area contributed by atoms with Crippen LogP contribution >= 0.6 is 0 Å². The molecule has 0 unspecified atom stereocenters. The van der Waals surface area contributed by atoms with Crippen LogP contribution in [0.25, 0.3) is 0 Å². The molecule has 1 rings (SSSR count). The van der Waals surface area contributed by atoms with Crippen LogP contribution in [0.1, 0.15) is 12.5 Å². The Hall–Kier alpha value is -1.57. The minimum Gasteiger partial charge on any atom is -0.435 e. The molecule has 0 spiro atoms. The summed E-state index contributed by atoms with van der Waals surface area (Å²) in [5, 5.41) is 0. The van der Waals surface area contributed by atoms with Crippen LogP contribution in [0.4, 0.5) is 0 Å². The number of hydrogen-bond donors (Lipinski definition) is 0. The summed E-state index contributed by atoms with van der Waals surface area (Å²) >= 11 is 0. The molecule has 0 bridgehead atoms. The molecule has 0 heterocycles. The third-order valence-electron chi connectivity index (χ3n) is 1.53. The van der Waals surface area contributed by atoms with E-state index in [-0.39, 0.29) is 5.97 Å². The van der Waals surface area contributed by atoms with Gasteiger partial charge in [-0.25, -0.2) is 0 Å². The van der Waals surface area contributed by atoms with Crippen LogP contribution in [0.3, 0.4) is 0 Å². The fourth-order valence-corrected chi connectivity index (χ4v) is 0.948. The Morgan fingerprint density at radius 3 is 2.69 bits per heavy atom. The molecule has 0 saturated heterocycles. The topological polar surface area (TPSA) is 26.3 Å². The summed E-state index contributed by atoms with van der Waals surface area (Å²) in [6.07, 6.45) is 3.40. The van der Waals surface area contributed by atoms with Gasteiger partial charge in [0.25, 0.3) is 0 Å². The molecular weight excluding hydrogens is 164 g/mol. The van der Waals surface area contributed by atoms with Crippen LogP contribution in [0.2, 0.25) is 0 Å². The van der Waals surface area contributed by atoms with Crippen molar-refractivity contribution < 1.29 is 9.53 Å². The number of esters is 1. The maximum atomic E-state index is 11.1. The van der Waals surface area contributed by atoms with Gasteiger partial charge in [-0.1, -0.05) is 36.4 Å². The molecular formula is C11H12O2. The molecule has 0 saturated carbocycles. The summed E-state index contributed by atoms with van der Waals surface area (Å²) in [4.78, 5) is 11.1. The zero-order chi connectivity index (χ0) is 9.52. The smallest absolute Gasteiger partial charge is 0.315 e. The maximum absolute atomic E-state index is 11.1. The molecule has 0 aliphatic heterocycles. The highest BCUT2D eigenvalue weighted by Crippen LogP contribution is 2.00. The number of rotatable bonds is 3. The van der Waals surface area contributed by atoms with Crippen molar-refractivity contribution in [2.75, 3.05) is 0 Å². The Kier molecular flexibility index (Phi) is 3.76. The quantitative estimate of drug-likeness (QED) is 0.521. The number of carbonyl (C=O) groups is 1. The average molecular weight is 176 g/mol. The van der Waals surface area contributed by atoms with Crippen LogP contribution in [0.5, 0.6) is 0 Å². The van der Waals surface area contributed by atoms with Gasteiger partial charge >= 0.3 is 5.97 Å². The third kappa shape index (κ3) is 3.56. The molecule has 0 aromatic heterocycles. The molecule has 0 radical (unpaired) electrons. The van der Waals surface area contributed by atoms with E-state index in [4.69, 9.17) is 4.74 Å². The minimum absolute atomic E-state index is 0.232. The predicted molar refractivity (Wildman–Crippen MR) is 51.1 cm³/mol. The van der Waals surface area contributed by atoms with Gasteiger partial charge in [0.15, 0.2) is 0 Å². The highest BCUT2D eigenvalue weighted by atomic mass is 16.5. The van der Waals surface area contributed by atoms with Crippen molar-refractivity contribution in [2.24, 2.45) is 0 Å². The summed E-state index contributed by atoms with van der Waals surface area (Å²) < 4.78 is 4.78. The first-order valence-electron chi connectivity index (χ1n) is 4.17. The SMILES string of the molecule is CC=COC(=O)Cc1ccccc1. The van der Waals surface area contributed by atoms with Gasteiger partial charge in [0.05, 0.1) is 12.7 Å². The lowest BCUT2D eigenvalue weighted by atomic mass is 10.2. The molecule has 2 nitrogen and oxygen atoms in total. The standard InChI is InChI=1S/C11H12O2/c1-2-8-13-11(12)9-10-6-4-3-5-7-10/h2-8H,9H2,1H3. The summed E-state index contributed by atoms with van der Waals surface area (Å²) in [5.41, 5.74) is 0.969. The Morgan fingerprint density at radius 2 is 2.08 bits per heavy atom. The van der Waals surface area contributed by atoms with Gasteiger partial charge in [-0.2, -0.15) is 0 Å². The van der Waals surface area contributed by atoms with Crippen molar-refractivity contribution in [2.45, 2.75) is 13.3 Å². The summed E-state index contributed by atoms with van der Waals surface area (Å²) in [7, 11) is 0. The number of benzene rings is 1. The zero-order valence-electron chi connectivity index (χ0n) is 7.57. The van der Waals surface area contributed by atoms with Crippen LogP contribution in [0.15, 0.2) is 42.7 Å². The predicted octanol–water partition coefficient (Wildman–Crippen LogP) is 2.31. The van der Waals surface area contributed by atoms with Gasteiger partial charge in [0, 0.05) is 0 Å². The molecule has 0 N–H and O–H groups in total. The molecule has 0 aliphatic rings. The second-order valence-corrected chi connectivity index (χ2v) is 2.62. The van der Waals surface area contributed by atoms with Crippen molar-refractivity contribution in [3.63, 3.8) is 0 Å². The highest BCUT2D eigenvalue weighted by molar-refractivity contribution is 5.73. The molecule has 1 aromatic carbocycles. The van der Waals surface area contributed by atoms with Gasteiger partial charge in [-0.15, -0.1) is 0 Å². The zero-order valence-corrected chi connectivity index (χ0v) is 7.57. The molecule has 0 aliphatic carbocycles. The number of ether oxygens (including phenoxy) is 1. The van der Waals surface area contributed by atoms with Crippen molar-refractivity contribution in [1.29, 1.82) is 0 Å². The molecule has 2 heteroatoms. The summed E-state index contributed by atoms with van der Waals surface area (Å²) in [6.45, 7) is 1.80. The second-order valence-electron chi connectivity index (χ2n) is 2.62. The van der Waals surface area contributed by atoms with Gasteiger partial charge in [-0.3, -0.25) is 4.79 Å². The largest absolute Gasteiger partial charge is 0.435 e. The fraction of sp³-hybridized carbons (Fsp3) is 0.182. The number of carbonyl (C=O) groups excluding carboxylic acids is 1. The van der Waals surface area contributed by atoms with Crippen LogP contribution in [-0.2, 0) is 16.0 Å². The third-order valence-corrected chi connectivity index (χ3v) is 1.53. The second kappa shape index (κ2) is 5.14. The van der Waals surface area contributed by atoms with E-state index in [1.165, 1.54) is 6.26 Å². The Balaban J connectivity index is 2.46. The van der Waals surface area contributed by atoms with E-state index in [9.17, 15) is 4.79 Å². The number of allylic oxidation sites excluding steroid dienone is 1. The molecule has 1 aromatic rings. The lowest BCUT2D eigenvalue weighted by molar-refractivity contribution is -0.137. The van der Waals surface area contributed by atoms with Crippen molar-refractivity contribution in [3.05, 3.63) is 48.2 Å². The van der Waals surface area contributed by atoms with Gasteiger partial charge in [0.2, 0.25) is 0 Å². The van der Waals surface area contributed by atoms with Crippen molar-refractivity contribution in [3.8, 4) is 0 Å². The molecule has 0 fully saturated rings. The van der Waals surface area contributed by atoms with Gasteiger partial charge < -0.3 is 4.74 Å². The van der Waals surface area contributed by atoms with Crippen molar-refractivity contribution >= 4 is 5.97 Å². The van der Waals surface area contributed by atoms with Gasteiger partial charge in [0.1, 0.15) is 0 Å². The first kappa shape index (κ1) is 9.52. The van der Waals surface area contributed by atoms with Gasteiger partial charge in [-0.05, 0) is 12.5 Å². The summed E-state index contributed by atoms with van der Waals surface area (Å²) in [6, 6.07) is 9.52. The Morgan fingerprint density at radius 1 is 1.38 bits per heavy atom. The van der Waals surface area contributed by atoms with Crippen LogP contribution < -0.4 is 0 Å². The van der Waals surface area contributed by atoms with E-state index in [1.54, 1.807) is 13.0 Å². The molecule has 13 heavy (non-hydrogen) atoms. The van der Waals surface area contributed by atoms with Crippen LogP contribution in [0, 0.1) is 0 Å². The van der Waals surface area contributed by atoms with Crippen molar-refractivity contribution in [1.82, 2.24) is 0 Å². The van der Waals surface area contributed by atoms with E-state index in [1.807, 2.05) is 30.3 Å². The van der Waals surface area contributed by atoms with E-state index in [0.29, 0.717) is 6.42 Å². The average Bonchev–Trinajstić information content (AvgIpc) is 2.16. The Bertz CT molecular complexity index is 288. The van der Waals surface area contributed by atoms with E-state index in [0.717, 1.165) is 5.56 Å². The Labute approximate surface area is 77.8 Å². The maximum Gasteiger partial charge on any atom is 0.315 e.